The first-order chi connectivity index (χ1) is 9.76. The predicted octanol–water partition coefficient (Wildman–Crippen LogP) is 1.63. The SMILES string of the molecule is COCCCn1nccc1C(NN)c1ccc(Br)cn1. The molecule has 0 aromatic carbocycles. The van der Waals surface area contributed by atoms with E-state index in [4.69, 9.17) is 10.6 Å². The van der Waals surface area contributed by atoms with Gasteiger partial charge in [0.25, 0.3) is 0 Å². The summed E-state index contributed by atoms with van der Waals surface area (Å²) in [5.41, 5.74) is 4.64. The molecule has 0 spiro atoms. The first kappa shape index (κ1) is 15.1. The summed E-state index contributed by atoms with van der Waals surface area (Å²) in [7, 11) is 1.69. The van der Waals surface area contributed by atoms with Crippen molar-refractivity contribution in [3.63, 3.8) is 0 Å². The van der Waals surface area contributed by atoms with Gasteiger partial charge in [0.1, 0.15) is 6.04 Å². The van der Waals surface area contributed by atoms with Crippen LogP contribution in [0.25, 0.3) is 0 Å². The highest BCUT2D eigenvalue weighted by molar-refractivity contribution is 9.10. The van der Waals surface area contributed by atoms with Crippen LogP contribution in [0.4, 0.5) is 0 Å². The van der Waals surface area contributed by atoms with E-state index in [-0.39, 0.29) is 6.04 Å². The summed E-state index contributed by atoms with van der Waals surface area (Å²) in [4.78, 5) is 4.39. The van der Waals surface area contributed by atoms with Gasteiger partial charge in [-0.05, 0) is 40.5 Å². The Morgan fingerprint density at radius 2 is 2.30 bits per heavy atom. The van der Waals surface area contributed by atoms with E-state index in [0.29, 0.717) is 6.61 Å². The summed E-state index contributed by atoms with van der Waals surface area (Å²) in [6.45, 7) is 1.49. The molecule has 108 valence electrons. The van der Waals surface area contributed by atoms with Gasteiger partial charge in [-0.2, -0.15) is 5.10 Å². The zero-order valence-electron chi connectivity index (χ0n) is 11.3. The molecule has 3 N–H and O–H groups in total. The Morgan fingerprint density at radius 3 is 2.95 bits per heavy atom. The summed E-state index contributed by atoms with van der Waals surface area (Å²) in [6.07, 6.45) is 4.42. The second-order valence-electron chi connectivity index (χ2n) is 4.33. The molecule has 1 unspecified atom stereocenters. The van der Waals surface area contributed by atoms with Crippen LogP contribution in [0.1, 0.15) is 23.9 Å². The normalized spacial score (nSPS) is 12.6. The number of hydrogen-bond donors (Lipinski definition) is 2. The van der Waals surface area contributed by atoms with E-state index < -0.39 is 0 Å². The minimum Gasteiger partial charge on any atom is -0.385 e. The number of nitrogens with zero attached hydrogens (tertiary/aromatic N) is 3. The number of aromatic nitrogens is 3. The van der Waals surface area contributed by atoms with Gasteiger partial charge in [-0.3, -0.25) is 15.5 Å². The standard InChI is InChI=1S/C13H18BrN5O/c1-20-8-2-7-19-12(5-6-17-19)13(18-15)11-4-3-10(14)9-16-11/h3-6,9,13,18H,2,7-8,15H2,1H3. The van der Waals surface area contributed by atoms with Crippen molar-refractivity contribution in [3.05, 3.63) is 46.5 Å². The van der Waals surface area contributed by atoms with Crippen LogP contribution in [0.2, 0.25) is 0 Å². The van der Waals surface area contributed by atoms with Crippen LogP contribution in [0.5, 0.6) is 0 Å². The Bertz CT molecular complexity index is 528. The van der Waals surface area contributed by atoms with E-state index in [9.17, 15) is 0 Å². The van der Waals surface area contributed by atoms with Gasteiger partial charge >= 0.3 is 0 Å². The number of hydrazine groups is 1. The maximum atomic E-state index is 5.69. The molecular weight excluding hydrogens is 322 g/mol. The van der Waals surface area contributed by atoms with Crippen molar-refractivity contribution >= 4 is 15.9 Å². The molecule has 7 heteroatoms. The van der Waals surface area contributed by atoms with E-state index in [1.54, 1.807) is 19.5 Å². The lowest BCUT2D eigenvalue weighted by Crippen LogP contribution is -2.31. The van der Waals surface area contributed by atoms with Crippen molar-refractivity contribution in [1.82, 2.24) is 20.2 Å². The van der Waals surface area contributed by atoms with Gasteiger partial charge in [0.2, 0.25) is 0 Å². The number of rotatable bonds is 7. The van der Waals surface area contributed by atoms with Crippen LogP contribution in [0, 0.1) is 0 Å². The summed E-state index contributed by atoms with van der Waals surface area (Å²) in [5, 5.41) is 4.33. The van der Waals surface area contributed by atoms with Crippen LogP contribution >= 0.6 is 15.9 Å². The Labute approximate surface area is 126 Å². The number of pyridine rings is 1. The zero-order chi connectivity index (χ0) is 14.4. The van der Waals surface area contributed by atoms with E-state index in [2.05, 4.69) is 31.4 Å². The minimum absolute atomic E-state index is 0.187. The molecule has 2 aromatic heterocycles. The van der Waals surface area contributed by atoms with Gasteiger partial charge in [-0.25, -0.2) is 5.43 Å². The molecule has 20 heavy (non-hydrogen) atoms. The molecule has 2 aromatic rings. The Kier molecular flexibility index (Phi) is 5.66. The highest BCUT2D eigenvalue weighted by Gasteiger charge is 2.18. The molecule has 0 aliphatic heterocycles. The highest BCUT2D eigenvalue weighted by atomic mass is 79.9. The minimum atomic E-state index is -0.187. The first-order valence-electron chi connectivity index (χ1n) is 6.34. The first-order valence-corrected chi connectivity index (χ1v) is 7.13. The molecule has 0 fully saturated rings. The van der Waals surface area contributed by atoms with Gasteiger partial charge < -0.3 is 4.74 Å². The van der Waals surface area contributed by atoms with Gasteiger partial charge in [0.05, 0.1) is 11.4 Å². The number of hydrogen-bond acceptors (Lipinski definition) is 5. The third-order valence-electron chi connectivity index (χ3n) is 2.98. The van der Waals surface area contributed by atoms with Crippen LogP contribution in [-0.2, 0) is 11.3 Å². The number of nitrogens with two attached hydrogens (primary N) is 1. The molecule has 0 saturated heterocycles. The second kappa shape index (κ2) is 7.49. The largest absolute Gasteiger partial charge is 0.385 e. The molecule has 6 nitrogen and oxygen atoms in total. The van der Waals surface area contributed by atoms with Gasteiger partial charge in [-0.15, -0.1) is 0 Å². The van der Waals surface area contributed by atoms with Gasteiger partial charge in [-0.1, -0.05) is 0 Å². The number of aryl methyl sites for hydroxylation is 1. The quantitative estimate of drug-likeness (QED) is 0.455. The van der Waals surface area contributed by atoms with E-state index in [1.807, 2.05) is 22.9 Å². The number of nitrogens with one attached hydrogen (secondary N) is 1. The third kappa shape index (κ3) is 3.63. The zero-order valence-corrected chi connectivity index (χ0v) is 12.9. The molecule has 0 bridgehead atoms. The maximum absolute atomic E-state index is 5.69. The van der Waals surface area contributed by atoms with E-state index >= 15 is 0 Å². The Hall–Kier alpha value is -1.28. The van der Waals surface area contributed by atoms with Crippen LogP contribution < -0.4 is 11.3 Å². The third-order valence-corrected chi connectivity index (χ3v) is 3.45. The lowest BCUT2D eigenvalue weighted by Gasteiger charge is -2.17. The monoisotopic (exact) mass is 339 g/mol. The molecular formula is C13H18BrN5O. The van der Waals surface area contributed by atoms with Crippen molar-refractivity contribution in [2.75, 3.05) is 13.7 Å². The van der Waals surface area contributed by atoms with Crippen LogP contribution in [0.3, 0.4) is 0 Å². The van der Waals surface area contributed by atoms with Crippen LogP contribution in [0.15, 0.2) is 35.1 Å². The van der Waals surface area contributed by atoms with E-state index in [0.717, 1.165) is 28.8 Å². The predicted molar refractivity (Wildman–Crippen MR) is 79.8 cm³/mol. The molecule has 0 amide bonds. The van der Waals surface area contributed by atoms with Crippen LogP contribution in [-0.4, -0.2) is 28.5 Å². The molecule has 0 saturated carbocycles. The fourth-order valence-electron chi connectivity index (χ4n) is 2.01. The second-order valence-corrected chi connectivity index (χ2v) is 5.24. The molecule has 0 radical (unpaired) electrons. The number of ether oxygens (including phenoxy) is 1. The molecule has 1 atom stereocenters. The van der Waals surface area contributed by atoms with Crippen molar-refractivity contribution in [2.45, 2.75) is 19.0 Å². The summed E-state index contributed by atoms with van der Waals surface area (Å²) in [5.74, 6) is 5.69. The lowest BCUT2D eigenvalue weighted by molar-refractivity contribution is 0.188. The fraction of sp³-hybridized carbons (Fsp3) is 0.385. The highest BCUT2D eigenvalue weighted by Crippen LogP contribution is 2.20. The van der Waals surface area contributed by atoms with Crippen molar-refractivity contribution < 1.29 is 4.74 Å². The molecule has 2 heterocycles. The van der Waals surface area contributed by atoms with Gasteiger partial charge in [0, 0.05) is 37.1 Å². The average Bonchev–Trinajstić information content (AvgIpc) is 2.91. The fourth-order valence-corrected chi connectivity index (χ4v) is 2.25. The lowest BCUT2D eigenvalue weighted by atomic mass is 10.1. The van der Waals surface area contributed by atoms with Crippen molar-refractivity contribution in [3.8, 4) is 0 Å². The van der Waals surface area contributed by atoms with E-state index in [1.165, 1.54) is 0 Å². The summed E-state index contributed by atoms with van der Waals surface area (Å²) < 4.78 is 7.93. The van der Waals surface area contributed by atoms with Crippen molar-refractivity contribution in [2.24, 2.45) is 5.84 Å². The summed E-state index contributed by atoms with van der Waals surface area (Å²) >= 11 is 3.38. The number of methoxy groups -OCH3 is 1. The smallest absolute Gasteiger partial charge is 0.105 e. The van der Waals surface area contributed by atoms with Crippen molar-refractivity contribution in [1.29, 1.82) is 0 Å². The molecule has 0 aliphatic rings. The Morgan fingerprint density at radius 1 is 1.45 bits per heavy atom. The topological polar surface area (TPSA) is 78.0 Å². The molecule has 0 aliphatic carbocycles. The molecule has 2 rings (SSSR count). The van der Waals surface area contributed by atoms with Gasteiger partial charge in [0.15, 0.2) is 0 Å². The summed E-state index contributed by atoms with van der Waals surface area (Å²) in [6, 6.07) is 5.63. The number of halogens is 1. The average molecular weight is 340 g/mol. The maximum Gasteiger partial charge on any atom is 0.105 e. The Balaban J connectivity index is 2.19.